The van der Waals surface area contributed by atoms with Crippen molar-refractivity contribution in [2.45, 2.75) is 46.1 Å². The van der Waals surface area contributed by atoms with Crippen LogP contribution in [0.15, 0.2) is 6.20 Å². The first-order valence-corrected chi connectivity index (χ1v) is 8.03. The Morgan fingerprint density at radius 1 is 1.32 bits per heavy atom. The molecular formula is C16H23N3O3. The van der Waals surface area contributed by atoms with Crippen molar-refractivity contribution in [2.24, 2.45) is 11.3 Å². The predicted octanol–water partition coefficient (Wildman–Crippen LogP) is 1.79. The number of aromatic nitrogens is 2. The molecule has 1 N–H and O–H groups in total. The lowest BCUT2D eigenvalue weighted by molar-refractivity contribution is -0.150. The average molecular weight is 305 g/mol. The van der Waals surface area contributed by atoms with Crippen LogP contribution in [0.3, 0.4) is 0 Å². The molecule has 1 atom stereocenters. The number of carboxylic acid groups (broad SMARTS) is 1. The molecule has 2 aliphatic heterocycles. The molecular weight excluding hydrogens is 282 g/mol. The molecule has 1 fully saturated rings. The topological polar surface area (TPSA) is 75.4 Å². The van der Waals surface area contributed by atoms with Gasteiger partial charge in [0.05, 0.1) is 22.9 Å². The number of hydrogen-bond acceptors (Lipinski definition) is 3. The molecule has 0 saturated carbocycles. The minimum Gasteiger partial charge on any atom is -0.481 e. The number of fused-ring (bicyclic) bond motifs is 1. The summed E-state index contributed by atoms with van der Waals surface area (Å²) in [5.74, 6) is -0.856. The van der Waals surface area contributed by atoms with Crippen molar-refractivity contribution < 1.29 is 14.7 Å². The molecule has 1 aromatic rings. The van der Waals surface area contributed by atoms with Gasteiger partial charge in [0, 0.05) is 19.6 Å². The molecule has 120 valence electrons. The molecule has 6 nitrogen and oxygen atoms in total. The number of carboxylic acids is 1. The SMILES string of the molecule is CC(C)C1(C(=O)O)CCN(C(=O)c2cnn3c2CCCC3)C1. The van der Waals surface area contributed by atoms with Crippen LogP contribution in [0.2, 0.25) is 0 Å². The second-order valence-electron chi connectivity index (χ2n) is 6.78. The standard InChI is InChI=1S/C16H23N3O3/c1-11(2)16(15(21)22)6-8-18(10-16)14(20)12-9-17-19-7-4-3-5-13(12)19/h9,11H,3-8,10H2,1-2H3,(H,21,22). The van der Waals surface area contributed by atoms with Crippen molar-refractivity contribution in [1.82, 2.24) is 14.7 Å². The Morgan fingerprint density at radius 2 is 2.09 bits per heavy atom. The van der Waals surface area contributed by atoms with Gasteiger partial charge in [-0.15, -0.1) is 0 Å². The van der Waals surface area contributed by atoms with Crippen molar-refractivity contribution >= 4 is 11.9 Å². The van der Waals surface area contributed by atoms with Crippen molar-refractivity contribution in [2.75, 3.05) is 13.1 Å². The van der Waals surface area contributed by atoms with Crippen molar-refractivity contribution in [3.8, 4) is 0 Å². The Morgan fingerprint density at radius 3 is 2.73 bits per heavy atom. The highest BCUT2D eigenvalue weighted by atomic mass is 16.4. The zero-order valence-electron chi connectivity index (χ0n) is 13.2. The highest BCUT2D eigenvalue weighted by Crippen LogP contribution is 2.39. The predicted molar refractivity (Wildman–Crippen MR) is 80.6 cm³/mol. The second-order valence-corrected chi connectivity index (χ2v) is 6.78. The van der Waals surface area contributed by atoms with E-state index in [0.29, 0.717) is 25.1 Å². The summed E-state index contributed by atoms with van der Waals surface area (Å²) in [4.78, 5) is 26.2. The van der Waals surface area contributed by atoms with Gasteiger partial charge in [-0.1, -0.05) is 13.8 Å². The number of amides is 1. The van der Waals surface area contributed by atoms with Crippen molar-refractivity contribution in [1.29, 1.82) is 0 Å². The maximum absolute atomic E-state index is 12.8. The third kappa shape index (κ3) is 2.21. The van der Waals surface area contributed by atoms with Crippen molar-refractivity contribution in [3.63, 3.8) is 0 Å². The molecule has 1 unspecified atom stereocenters. The normalized spacial score (nSPS) is 24.6. The van der Waals surface area contributed by atoms with E-state index in [4.69, 9.17) is 0 Å². The molecule has 2 aliphatic rings. The number of aryl methyl sites for hydroxylation is 1. The first-order chi connectivity index (χ1) is 10.5. The third-order valence-corrected chi connectivity index (χ3v) is 5.33. The first-order valence-electron chi connectivity index (χ1n) is 8.03. The lowest BCUT2D eigenvalue weighted by Gasteiger charge is -2.28. The number of nitrogens with zero attached hydrogens (tertiary/aromatic N) is 3. The Balaban J connectivity index is 1.83. The molecule has 0 bridgehead atoms. The number of rotatable bonds is 3. The maximum Gasteiger partial charge on any atom is 0.311 e. The van der Waals surface area contributed by atoms with Gasteiger partial charge >= 0.3 is 5.97 Å². The Bertz CT molecular complexity index is 608. The second kappa shape index (κ2) is 5.41. The first kappa shape index (κ1) is 15.1. The fourth-order valence-electron chi connectivity index (χ4n) is 3.67. The quantitative estimate of drug-likeness (QED) is 0.924. The zero-order valence-corrected chi connectivity index (χ0v) is 13.2. The zero-order chi connectivity index (χ0) is 15.9. The summed E-state index contributed by atoms with van der Waals surface area (Å²) >= 11 is 0. The van der Waals surface area contributed by atoms with E-state index in [1.54, 1.807) is 11.1 Å². The van der Waals surface area contributed by atoms with Gasteiger partial charge in [-0.25, -0.2) is 0 Å². The van der Waals surface area contributed by atoms with Crippen LogP contribution in [0, 0.1) is 11.3 Å². The van der Waals surface area contributed by atoms with Gasteiger partial charge in [0.1, 0.15) is 0 Å². The highest BCUT2D eigenvalue weighted by molar-refractivity contribution is 5.96. The summed E-state index contributed by atoms with van der Waals surface area (Å²) in [6.07, 6.45) is 5.23. The molecule has 6 heteroatoms. The molecule has 3 rings (SSSR count). The van der Waals surface area contributed by atoms with E-state index in [-0.39, 0.29) is 11.8 Å². The van der Waals surface area contributed by atoms with Gasteiger partial charge in [-0.2, -0.15) is 5.10 Å². The van der Waals surface area contributed by atoms with E-state index in [9.17, 15) is 14.7 Å². The van der Waals surface area contributed by atoms with Crippen LogP contribution >= 0.6 is 0 Å². The number of carbonyl (C=O) groups excluding carboxylic acids is 1. The molecule has 0 aromatic carbocycles. The Hall–Kier alpha value is -1.85. The summed E-state index contributed by atoms with van der Waals surface area (Å²) in [6, 6.07) is 0. The molecule has 3 heterocycles. The molecule has 0 radical (unpaired) electrons. The van der Waals surface area contributed by atoms with Gasteiger partial charge in [0.25, 0.3) is 5.91 Å². The average Bonchev–Trinajstić information content (AvgIpc) is 3.12. The fourth-order valence-corrected chi connectivity index (χ4v) is 3.67. The molecule has 0 aliphatic carbocycles. The largest absolute Gasteiger partial charge is 0.481 e. The van der Waals surface area contributed by atoms with Crippen LogP contribution in [-0.4, -0.2) is 44.8 Å². The van der Waals surface area contributed by atoms with Crippen LogP contribution < -0.4 is 0 Å². The van der Waals surface area contributed by atoms with Gasteiger partial charge in [-0.05, 0) is 31.6 Å². The van der Waals surface area contributed by atoms with Crippen LogP contribution in [0.4, 0.5) is 0 Å². The van der Waals surface area contributed by atoms with Gasteiger partial charge < -0.3 is 10.0 Å². The minimum atomic E-state index is -0.817. The van der Waals surface area contributed by atoms with E-state index in [0.717, 1.165) is 31.5 Å². The Labute approximate surface area is 130 Å². The third-order valence-electron chi connectivity index (χ3n) is 5.33. The highest BCUT2D eigenvalue weighted by Gasteiger charge is 2.48. The summed E-state index contributed by atoms with van der Waals surface area (Å²) in [5.41, 5.74) is 0.848. The van der Waals surface area contributed by atoms with E-state index < -0.39 is 11.4 Å². The number of hydrogen-bond donors (Lipinski definition) is 1. The molecule has 22 heavy (non-hydrogen) atoms. The van der Waals surface area contributed by atoms with Crippen LogP contribution in [-0.2, 0) is 17.8 Å². The number of likely N-dealkylation sites (tertiary alicyclic amines) is 1. The lowest BCUT2D eigenvalue weighted by atomic mass is 9.76. The lowest BCUT2D eigenvalue weighted by Crippen LogP contribution is -2.40. The van der Waals surface area contributed by atoms with Crippen LogP contribution in [0.5, 0.6) is 0 Å². The minimum absolute atomic E-state index is 0.00359. The van der Waals surface area contributed by atoms with E-state index >= 15 is 0 Å². The van der Waals surface area contributed by atoms with E-state index in [1.807, 2.05) is 18.5 Å². The van der Waals surface area contributed by atoms with Gasteiger partial charge in [0.2, 0.25) is 0 Å². The summed E-state index contributed by atoms with van der Waals surface area (Å²) in [5, 5.41) is 13.9. The molecule has 0 spiro atoms. The van der Waals surface area contributed by atoms with Gasteiger partial charge in [0.15, 0.2) is 0 Å². The summed E-state index contributed by atoms with van der Waals surface area (Å²) in [7, 11) is 0. The molecule has 1 saturated heterocycles. The summed E-state index contributed by atoms with van der Waals surface area (Å²) < 4.78 is 1.92. The monoisotopic (exact) mass is 305 g/mol. The van der Waals surface area contributed by atoms with E-state index in [2.05, 4.69) is 5.10 Å². The molecule has 1 amide bonds. The van der Waals surface area contributed by atoms with E-state index in [1.165, 1.54) is 0 Å². The maximum atomic E-state index is 12.8. The Kier molecular flexibility index (Phi) is 3.70. The number of carbonyl (C=O) groups is 2. The number of aliphatic carboxylic acids is 1. The summed E-state index contributed by atoms with van der Waals surface area (Å²) in [6.45, 7) is 5.51. The molecule has 1 aromatic heterocycles. The van der Waals surface area contributed by atoms with Crippen LogP contribution in [0.1, 0.15) is 49.2 Å². The van der Waals surface area contributed by atoms with Crippen LogP contribution in [0.25, 0.3) is 0 Å². The van der Waals surface area contributed by atoms with Gasteiger partial charge in [-0.3, -0.25) is 14.3 Å². The fraction of sp³-hybridized carbons (Fsp3) is 0.688. The van der Waals surface area contributed by atoms with Crippen molar-refractivity contribution in [3.05, 3.63) is 17.5 Å². The smallest absolute Gasteiger partial charge is 0.311 e.